The predicted molar refractivity (Wildman–Crippen MR) is 34.0 cm³/mol. The zero-order chi connectivity index (χ0) is 6.62. The minimum absolute atomic E-state index is 0.0451. The molecule has 0 aliphatic carbocycles. The van der Waals surface area contributed by atoms with E-state index in [2.05, 4.69) is 6.26 Å². The van der Waals surface area contributed by atoms with Crippen molar-refractivity contribution in [3.05, 3.63) is 18.4 Å². The highest BCUT2D eigenvalue weighted by Gasteiger charge is 1.94. The van der Waals surface area contributed by atoms with Gasteiger partial charge >= 0.3 is 0 Å². The van der Waals surface area contributed by atoms with E-state index in [1.54, 1.807) is 19.1 Å². The lowest BCUT2D eigenvalue weighted by molar-refractivity contribution is 0.607. The van der Waals surface area contributed by atoms with Gasteiger partial charge in [-0.15, -0.1) is 0 Å². The van der Waals surface area contributed by atoms with Crippen molar-refractivity contribution in [3.8, 4) is 0 Å². The zero-order valence-corrected chi connectivity index (χ0v) is 5.61. The minimum atomic E-state index is -3.02. The molecule has 0 atom stereocenters. The summed E-state index contributed by atoms with van der Waals surface area (Å²) in [5, 5.41) is 0. The van der Waals surface area contributed by atoms with Gasteiger partial charge in [-0.05, 0) is 6.92 Å². The molecule has 2 nitrogen and oxygen atoms in total. The van der Waals surface area contributed by atoms with Crippen molar-refractivity contribution >= 4 is 9.84 Å². The lowest BCUT2D eigenvalue weighted by Crippen LogP contribution is -1.95. The first-order valence-corrected chi connectivity index (χ1v) is 4.05. The Balaban J connectivity index is 3.76. The smallest absolute Gasteiger partial charge is 0.154 e. The third kappa shape index (κ3) is 5.69. The van der Waals surface area contributed by atoms with E-state index in [0.29, 0.717) is 0 Å². The highest BCUT2D eigenvalue weighted by atomic mass is 32.2. The predicted octanol–water partition coefficient (Wildman–Crippen LogP) is 0.769. The first-order chi connectivity index (χ1) is 3.56. The van der Waals surface area contributed by atoms with Gasteiger partial charge in [0.25, 0.3) is 0 Å². The van der Waals surface area contributed by atoms with Crippen LogP contribution in [0.15, 0.2) is 12.2 Å². The van der Waals surface area contributed by atoms with E-state index in [-0.39, 0.29) is 5.75 Å². The van der Waals surface area contributed by atoms with Crippen LogP contribution in [-0.2, 0) is 9.84 Å². The maximum Gasteiger partial charge on any atom is 0.154 e. The SMILES string of the molecule is [CH2]S(=O)(=O)CC=CC. The van der Waals surface area contributed by atoms with Crippen molar-refractivity contribution < 1.29 is 8.42 Å². The minimum Gasteiger partial charge on any atom is -0.228 e. The van der Waals surface area contributed by atoms with Crippen molar-refractivity contribution in [1.29, 1.82) is 0 Å². The summed E-state index contributed by atoms with van der Waals surface area (Å²) in [6.45, 7) is 1.77. The Kier molecular flexibility index (Phi) is 2.76. The van der Waals surface area contributed by atoms with E-state index in [0.717, 1.165) is 0 Å². The fraction of sp³-hybridized carbons (Fsp3) is 0.400. The second-order valence-corrected chi connectivity index (χ2v) is 3.30. The van der Waals surface area contributed by atoms with E-state index in [1.165, 1.54) is 0 Å². The third-order valence-corrected chi connectivity index (χ3v) is 1.29. The molecule has 0 unspecified atom stereocenters. The van der Waals surface area contributed by atoms with Crippen LogP contribution in [0.1, 0.15) is 6.92 Å². The van der Waals surface area contributed by atoms with E-state index in [9.17, 15) is 8.42 Å². The molecule has 0 aromatic rings. The molecule has 0 aromatic carbocycles. The second kappa shape index (κ2) is 2.87. The van der Waals surface area contributed by atoms with Gasteiger partial charge in [-0.1, -0.05) is 12.2 Å². The first kappa shape index (κ1) is 7.69. The third-order valence-electron chi connectivity index (χ3n) is 0.586. The van der Waals surface area contributed by atoms with Crippen molar-refractivity contribution in [2.45, 2.75) is 6.92 Å². The maximum atomic E-state index is 10.2. The molecule has 0 aromatic heterocycles. The highest BCUT2D eigenvalue weighted by molar-refractivity contribution is 7.92. The van der Waals surface area contributed by atoms with Crippen molar-refractivity contribution in [3.63, 3.8) is 0 Å². The van der Waals surface area contributed by atoms with E-state index in [4.69, 9.17) is 0 Å². The molecule has 0 rings (SSSR count). The van der Waals surface area contributed by atoms with Crippen LogP contribution in [0, 0.1) is 6.26 Å². The van der Waals surface area contributed by atoms with Gasteiger partial charge in [0.1, 0.15) is 0 Å². The Labute approximate surface area is 50.1 Å². The maximum absolute atomic E-state index is 10.2. The summed E-state index contributed by atoms with van der Waals surface area (Å²) in [5.74, 6) is 0.0451. The van der Waals surface area contributed by atoms with Crippen LogP contribution in [0.25, 0.3) is 0 Å². The Bertz CT molecular complexity index is 165. The Hall–Kier alpha value is -0.310. The molecule has 8 heavy (non-hydrogen) atoms. The van der Waals surface area contributed by atoms with Gasteiger partial charge < -0.3 is 0 Å². The second-order valence-electron chi connectivity index (χ2n) is 1.48. The van der Waals surface area contributed by atoms with Crippen LogP contribution >= 0.6 is 0 Å². The standard InChI is InChI=1S/C5H9O2S/c1-3-4-5-8(2,6)7/h3-4H,2,5H2,1H3. The normalized spacial score (nSPS) is 12.8. The highest BCUT2D eigenvalue weighted by Crippen LogP contribution is 1.84. The molecule has 0 spiro atoms. The summed E-state index contributed by atoms with van der Waals surface area (Å²) in [7, 11) is -3.02. The molecule has 1 radical (unpaired) electrons. The van der Waals surface area contributed by atoms with Crippen LogP contribution in [-0.4, -0.2) is 14.2 Å². The average Bonchev–Trinajstić information content (AvgIpc) is 1.59. The van der Waals surface area contributed by atoms with Crippen LogP contribution in [0.4, 0.5) is 0 Å². The Morgan fingerprint density at radius 1 is 1.62 bits per heavy atom. The van der Waals surface area contributed by atoms with Crippen molar-refractivity contribution in [2.24, 2.45) is 0 Å². The number of rotatable bonds is 2. The van der Waals surface area contributed by atoms with Crippen LogP contribution in [0.5, 0.6) is 0 Å². The summed E-state index contributed by atoms with van der Waals surface area (Å²) in [6, 6.07) is 0. The van der Waals surface area contributed by atoms with Crippen LogP contribution in [0.2, 0.25) is 0 Å². The Morgan fingerprint density at radius 3 is 2.25 bits per heavy atom. The molecule has 0 saturated carbocycles. The first-order valence-electron chi connectivity index (χ1n) is 2.23. The van der Waals surface area contributed by atoms with Crippen LogP contribution in [0.3, 0.4) is 0 Å². The van der Waals surface area contributed by atoms with Gasteiger partial charge in [-0.25, -0.2) is 8.42 Å². The number of sulfone groups is 1. The van der Waals surface area contributed by atoms with Gasteiger partial charge in [0.2, 0.25) is 0 Å². The average molecular weight is 133 g/mol. The number of hydrogen-bond donors (Lipinski definition) is 0. The van der Waals surface area contributed by atoms with Crippen molar-refractivity contribution in [1.82, 2.24) is 0 Å². The Morgan fingerprint density at radius 2 is 2.12 bits per heavy atom. The molecule has 0 amide bonds. The van der Waals surface area contributed by atoms with E-state index < -0.39 is 9.84 Å². The van der Waals surface area contributed by atoms with Gasteiger partial charge in [0, 0.05) is 0 Å². The number of hydrogen-bond acceptors (Lipinski definition) is 2. The summed E-state index contributed by atoms with van der Waals surface area (Å²) >= 11 is 0. The monoisotopic (exact) mass is 133 g/mol. The molecule has 0 bridgehead atoms. The molecule has 47 valence electrons. The molecule has 0 aliphatic rings. The topological polar surface area (TPSA) is 34.1 Å². The molecule has 0 fully saturated rings. The van der Waals surface area contributed by atoms with Crippen molar-refractivity contribution in [2.75, 3.05) is 5.75 Å². The molecule has 0 N–H and O–H groups in total. The van der Waals surface area contributed by atoms with Gasteiger partial charge in [-0.3, -0.25) is 0 Å². The van der Waals surface area contributed by atoms with Gasteiger partial charge in [0.05, 0.1) is 12.0 Å². The van der Waals surface area contributed by atoms with Gasteiger partial charge in [-0.2, -0.15) is 0 Å². The van der Waals surface area contributed by atoms with Crippen LogP contribution < -0.4 is 0 Å². The molecule has 0 heterocycles. The fourth-order valence-corrected chi connectivity index (χ4v) is 0.729. The lowest BCUT2D eigenvalue weighted by atomic mass is 10.6. The molecular formula is C5H9O2S. The quantitative estimate of drug-likeness (QED) is 0.521. The molecule has 3 heteroatoms. The molecule has 0 aliphatic heterocycles. The summed E-state index contributed by atoms with van der Waals surface area (Å²) < 4.78 is 20.5. The fourth-order valence-electron chi connectivity index (χ4n) is 0.243. The zero-order valence-electron chi connectivity index (χ0n) is 4.79. The lowest BCUT2D eigenvalue weighted by Gasteiger charge is -1.84. The summed E-state index contributed by atoms with van der Waals surface area (Å²) in [4.78, 5) is 0. The number of allylic oxidation sites excluding steroid dienone is 1. The molecular weight excluding hydrogens is 124 g/mol. The van der Waals surface area contributed by atoms with Gasteiger partial charge in [0.15, 0.2) is 9.84 Å². The largest absolute Gasteiger partial charge is 0.228 e. The molecule has 0 saturated heterocycles. The summed E-state index contributed by atoms with van der Waals surface area (Å²) in [5.41, 5.74) is 0. The van der Waals surface area contributed by atoms with E-state index in [1.807, 2.05) is 0 Å². The van der Waals surface area contributed by atoms with E-state index >= 15 is 0 Å². The summed E-state index contributed by atoms with van der Waals surface area (Å²) in [6.07, 6.45) is 6.17.